The van der Waals surface area contributed by atoms with Gasteiger partial charge in [-0.05, 0) is 43.3 Å². The number of aryl methyl sites for hydroxylation is 1. The predicted molar refractivity (Wildman–Crippen MR) is 121 cm³/mol. The van der Waals surface area contributed by atoms with E-state index in [9.17, 15) is 4.79 Å². The van der Waals surface area contributed by atoms with E-state index in [2.05, 4.69) is 45.7 Å². The van der Waals surface area contributed by atoms with Gasteiger partial charge in [0.1, 0.15) is 11.5 Å². The summed E-state index contributed by atoms with van der Waals surface area (Å²) in [4.78, 5) is 23.9. The molecule has 0 N–H and O–H groups in total. The molecule has 0 spiro atoms. The van der Waals surface area contributed by atoms with Gasteiger partial charge in [-0.25, -0.2) is 9.67 Å². The van der Waals surface area contributed by atoms with Crippen LogP contribution in [0.3, 0.4) is 0 Å². The summed E-state index contributed by atoms with van der Waals surface area (Å²) in [5.41, 5.74) is 5.98. The third-order valence-corrected chi connectivity index (χ3v) is 5.81. The summed E-state index contributed by atoms with van der Waals surface area (Å²) in [5, 5.41) is 4.89. The highest BCUT2D eigenvalue weighted by atomic mass is 16.2. The Morgan fingerprint density at radius 2 is 1.66 bits per heavy atom. The molecule has 1 aliphatic rings. The molecule has 2 aromatic carbocycles. The molecule has 0 saturated heterocycles. The molecule has 7 heteroatoms. The maximum atomic E-state index is 13.2. The van der Waals surface area contributed by atoms with Gasteiger partial charge in [-0.2, -0.15) is 5.10 Å². The third-order valence-electron chi connectivity index (χ3n) is 5.81. The fourth-order valence-corrected chi connectivity index (χ4v) is 4.17. The van der Waals surface area contributed by atoms with E-state index in [0.717, 1.165) is 28.3 Å². The summed E-state index contributed by atoms with van der Waals surface area (Å²) in [7, 11) is 0. The summed E-state index contributed by atoms with van der Waals surface area (Å²) < 4.78 is 4.01. The fourth-order valence-electron chi connectivity index (χ4n) is 4.17. The summed E-state index contributed by atoms with van der Waals surface area (Å²) >= 11 is 0. The Hall–Kier alpha value is -4.26. The van der Waals surface area contributed by atoms with Crippen LogP contribution in [0.5, 0.6) is 0 Å². The van der Waals surface area contributed by atoms with Crippen molar-refractivity contribution in [2.24, 2.45) is 0 Å². The first-order chi connectivity index (χ1) is 15.7. The zero-order chi connectivity index (χ0) is 21.7. The van der Waals surface area contributed by atoms with Crippen molar-refractivity contribution in [2.45, 2.75) is 20.0 Å². The van der Waals surface area contributed by atoms with Crippen LogP contribution in [0.1, 0.15) is 27.3 Å². The Balaban J connectivity index is 1.37. The van der Waals surface area contributed by atoms with Crippen LogP contribution in [0.2, 0.25) is 0 Å². The lowest BCUT2D eigenvalue weighted by Crippen LogP contribution is -2.27. The zero-order valence-corrected chi connectivity index (χ0v) is 17.5. The van der Waals surface area contributed by atoms with Crippen molar-refractivity contribution in [2.75, 3.05) is 0 Å². The van der Waals surface area contributed by atoms with Gasteiger partial charge in [-0.3, -0.25) is 9.78 Å². The van der Waals surface area contributed by atoms with Gasteiger partial charge >= 0.3 is 0 Å². The molecule has 6 rings (SSSR count). The Kier molecular flexibility index (Phi) is 4.14. The molecule has 1 amide bonds. The molecule has 5 aromatic rings. The second-order valence-electron chi connectivity index (χ2n) is 7.99. The molecule has 1 aliphatic heterocycles. The standard InChI is InChI=1S/C25H20N6O/c1-17-8-10-18(11-9-17)31-24(29-12-4-5-13-29)19-15-30(16-23(19)28-31)25(32)22-14-26-20-6-2-3-7-21(20)27-22/h2-14H,15-16H2,1H3. The van der Waals surface area contributed by atoms with E-state index in [4.69, 9.17) is 5.10 Å². The number of fused-ring (bicyclic) bond motifs is 2. The molecular formula is C25H20N6O. The molecule has 7 nitrogen and oxygen atoms in total. The number of hydrogen-bond acceptors (Lipinski definition) is 4. The number of benzene rings is 2. The van der Waals surface area contributed by atoms with Crippen molar-refractivity contribution in [1.82, 2.24) is 29.2 Å². The van der Waals surface area contributed by atoms with E-state index >= 15 is 0 Å². The molecule has 156 valence electrons. The first kappa shape index (κ1) is 18.5. The Morgan fingerprint density at radius 3 is 2.44 bits per heavy atom. The van der Waals surface area contributed by atoms with Crippen molar-refractivity contribution in [3.8, 4) is 11.5 Å². The molecule has 0 bridgehead atoms. The minimum Gasteiger partial charge on any atom is -0.327 e. The molecule has 0 radical (unpaired) electrons. The number of carbonyl (C=O) groups is 1. The second kappa shape index (κ2) is 7.16. The van der Waals surface area contributed by atoms with Gasteiger partial charge in [0.15, 0.2) is 0 Å². The molecule has 32 heavy (non-hydrogen) atoms. The van der Waals surface area contributed by atoms with Crippen molar-refractivity contribution in [3.05, 3.63) is 102 Å². The number of nitrogens with zero attached hydrogens (tertiary/aromatic N) is 6. The van der Waals surface area contributed by atoms with E-state index in [1.807, 2.05) is 53.5 Å². The van der Waals surface area contributed by atoms with E-state index < -0.39 is 0 Å². The van der Waals surface area contributed by atoms with E-state index in [0.29, 0.717) is 24.3 Å². The Labute approximate surface area is 184 Å². The molecular weight excluding hydrogens is 400 g/mol. The quantitative estimate of drug-likeness (QED) is 0.441. The average molecular weight is 420 g/mol. The highest BCUT2D eigenvalue weighted by molar-refractivity contribution is 5.94. The molecule has 0 fully saturated rings. The van der Waals surface area contributed by atoms with Gasteiger partial charge in [-0.1, -0.05) is 29.8 Å². The highest BCUT2D eigenvalue weighted by Crippen LogP contribution is 2.31. The van der Waals surface area contributed by atoms with Gasteiger partial charge < -0.3 is 9.47 Å². The molecule has 0 aliphatic carbocycles. The lowest BCUT2D eigenvalue weighted by Gasteiger charge is -2.17. The minimum absolute atomic E-state index is 0.137. The molecule has 3 aromatic heterocycles. The van der Waals surface area contributed by atoms with Crippen LogP contribution in [-0.4, -0.2) is 35.1 Å². The molecule has 0 unspecified atom stereocenters. The van der Waals surface area contributed by atoms with Gasteiger partial charge in [0, 0.05) is 18.0 Å². The summed E-state index contributed by atoms with van der Waals surface area (Å²) in [5.74, 6) is 0.815. The highest BCUT2D eigenvalue weighted by Gasteiger charge is 2.32. The van der Waals surface area contributed by atoms with Crippen molar-refractivity contribution in [3.63, 3.8) is 0 Å². The van der Waals surface area contributed by atoms with Crippen molar-refractivity contribution < 1.29 is 4.79 Å². The van der Waals surface area contributed by atoms with Gasteiger partial charge in [0.2, 0.25) is 0 Å². The van der Waals surface area contributed by atoms with E-state index in [1.54, 1.807) is 11.1 Å². The Bertz CT molecular complexity index is 1450. The lowest BCUT2D eigenvalue weighted by molar-refractivity contribution is 0.0743. The van der Waals surface area contributed by atoms with Gasteiger partial charge in [0.05, 0.1) is 41.7 Å². The number of aromatic nitrogens is 5. The number of para-hydroxylation sites is 2. The monoisotopic (exact) mass is 420 g/mol. The van der Waals surface area contributed by atoms with Crippen molar-refractivity contribution >= 4 is 16.9 Å². The second-order valence-corrected chi connectivity index (χ2v) is 7.99. The SMILES string of the molecule is Cc1ccc(-n2nc3c(c2-n2cccc2)CN(C(=O)c2cnc4ccccc4n2)C3)cc1. The Morgan fingerprint density at radius 1 is 0.906 bits per heavy atom. The molecule has 4 heterocycles. The molecule has 0 saturated carbocycles. The predicted octanol–water partition coefficient (Wildman–Crippen LogP) is 4.07. The summed E-state index contributed by atoms with van der Waals surface area (Å²) in [6.45, 7) is 2.98. The normalized spacial score (nSPS) is 13.0. The first-order valence-corrected chi connectivity index (χ1v) is 10.5. The van der Waals surface area contributed by atoms with Crippen LogP contribution < -0.4 is 0 Å². The maximum absolute atomic E-state index is 13.2. The first-order valence-electron chi connectivity index (χ1n) is 10.5. The lowest BCUT2D eigenvalue weighted by atomic mass is 10.2. The van der Waals surface area contributed by atoms with Crippen LogP contribution in [0, 0.1) is 6.92 Å². The van der Waals surface area contributed by atoms with Crippen LogP contribution >= 0.6 is 0 Å². The number of rotatable bonds is 3. The smallest absolute Gasteiger partial charge is 0.274 e. The largest absolute Gasteiger partial charge is 0.327 e. The topological polar surface area (TPSA) is 68.8 Å². The zero-order valence-electron chi connectivity index (χ0n) is 17.5. The van der Waals surface area contributed by atoms with Gasteiger partial charge in [-0.15, -0.1) is 0 Å². The summed E-state index contributed by atoms with van der Waals surface area (Å²) in [6.07, 6.45) is 5.56. The number of amides is 1. The van der Waals surface area contributed by atoms with Crippen LogP contribution in [0.4, 0.5) is 0 Å². The van der Waals surface area contributed by atoms with Crippen molar-refractivity contribution in [1.29, 1.82) is 0 Å². The van der Waals surface area contributed by atoms with E-state index in [-0.39, 0.29) is 5.91 Å². The van der Waals surface area contributed by atoms with Crippen LogP contribution in [-0.2, 0) is 13.1 Å². The van der Waals surface area contributed by atoms with E-state index in [1.165, 1.54) is 5.56 Å². The number of carbonyl (C=O) groups excluding carboxylic acids is 1. The third kappa shape index (κ3) is 2.98. The summed E-state index contributed by atoms with van der Waals surface area (Å²) in [6, 6.07) is 19.8. The molecule has 0 atom stereocenters. The van der Waals surface area contributed by atoms with Gasteiger partial charge in [0.25, 0.3) is 5.91 Å². The minimum atomic E-state index is -0.137. The van der Waals surface area contributed by atoms with Crippen LogP contribution in [0.15, 0.2) is 79.3 Å². The fraction of sp³-hybridized carbons (Fsp3) is 0.120. The maximum Gasteiger partial charge on any atom is 0.274 e. The van der Waals surface area contributed by atoms with Crippen LogP contribution in [0.25, 0.3) is 22.5 Å². The number of hydrogen-bond donors (Lipinski definition) is 0. The average Bonchev–Trinajstić information content (AvgIpc) is 3.55.